The molecular formula is C18H20ClF2N3O2. The maximum Gasteiger partial charge on any atom is 0.387 e. The van der Waals surface area contributed by atoms with Crippen LogP contribution in [0.25, 0.3) is 0 Å². The molecule has 1 fully saturated rings. The number of hydrogen-bond acceptors (Lipinski definition) is 4. The van der Waals surface area contributed by atoms with E-state index in [1.54, 1.807) is 30.3 Å². The molecule has 0 unspecified atom stereocenters. The number of ether oxygens (including phenoxy) is 1. The van der Waals surface area contributed by atoms with E-state index < -0.39 is 6.61 Å². The molecule has 3 N–H and O–H groups in total. The van der Waals surface area contributed by atoms with E-state index in [1.165, 1.54) is 12.1 Å². The fourth-order valence-electron chi connectivity index (χ4n) is 2.49. The summed E-state index contributed by atoms with van der Waals surface area (Å²) in [5.74, 6) is 0.416. The van der Waals surface area contributed by atoms with E-state index >= 15 is 0 Å². The Hall–Kier alpha value is -2.38. The molecule has 0 bridgehead atoms. The number of rotatable bonds is 7. The first-order valence-electron chi connectivity index (χ1n) is 8.01. The minimum absolute atomic E-state index is 0. The lowest BCUT2D eigenvalue weighted by Crippen LogP contribution is -2.48. The zero-order valence-electron chi connectivity index (χ0n) is 13.9. The molecule has 0 atom stereocenters. The van der Waals surface area contributed by atoms with E-state index in [0.29, 0.717) is 29.4 Å². The highest BCUT2D eigenvalue weighted by Crippen LogP contribution is 2.23. The van der Waals surface area contributed by atoms with Gasteiger partial charge >= 0.3 is 6.61 Å². The van der Waals surface area contributed by atoms with E-state index in [2.05, 4.69) is 20.7 Å². The van der Waals surface area contributed by atoms with Gasteiger partial charge in [-0.15, -0.1) is 12.4 Å². The third kappa shape index (κ3) is 5.31. The van der Waals surface area contributed by atoms with Crippen molar-refractivity contribution in [2.75, 3.05) is 25.0 Å². The molecule has 5 nitrogen and oxygen atoms in total. The lowest BCUT2D eigenvalue weighted by atomic mass is 10.0. The number of carbonyl (C=O) groups is 1. The molecule has 140 valence electrons. The van der Waals surface area contributed by atoms with Crippen molar-refractivity contribution in [3.63, 3.8) is 0 Å². The molecule has 1 heterocycles. The molecule has 1 aliphatic rings. The van der Waals surface area contributed by atoms with Crippen LogP contribution in [0.5, 0.6) is 5.75 Å². The van der Waals surface area contributed by atoms with E-state index in [4.69, 9.17) is 0 Å². The summed E-state index contributed by atoms with van der Waals surface area (Å²) < 4.78 is 28.7. The van der Waals surface area contributed by atoms with E-state index in [-0.39, 0.29) is 24.1 Å². The Kier molecular flexibility index (Phi) is 7.17. The second kappa shape index (κ2) is 9.35. The van der Waals surface area contributed by atoms with Crippen molar-refractivity contribution in [1.82, 2.24) is 10.6 Å². The van der Waals surface area contributed by atoms with Gasteiger partial charge in [0, 0.05) is 31.2 Å². The van der Waals surface area contributed by atoms with Crippen molar-refractivity contribution in [3.8, 4) is 5.75 Å². The third-order valence-corrected chi connectivity index (χ3v) is 3.95. The highest BCUT2D eigenvalue weighted by atomic mass is 35.5. The Morgan fingerprint density at radius 3 is 2.46 bits per heavy atom. The summed E-state index contributed by atoms with van der Waals surface area (Å²) in [6.45, 7) is -0.366. The van der Waals surface area contributed by atoms with Crippen molar-refractivity contribution in [2.45, 2.75) is 6.61 Å². The van der Waals surface area contributed by atoms with Crippen molar-refractivity contribution in [2.24, 2.45) is 5.92 Å². The number of amides is 1. The summed E-state index contributed by atoms with van der Waals surface area (Å²) >= 11 is 0. The fraction of sp³-hybridized carbons (Fsp3) is 0.278. The number of hydrogen-bond donors (Lipinski definition) is 3. The molecule has 1 saturated heterocycles. The average Bonchev–Trinajstić information content (AvgIpc) is 2.55. The standard InChI is InChI=1S/C18H19F2N3O2.ClH/c19-18(20)25-14-7-5-13(6-8-14)23-16-4-2-1-3-15(16)17(24)22-11-12-9-21-10-12;/h1-8,12,18,21,23H,9-11H2,(H,22,24);1H. The van der Waals surface area contributed by atoms with Gasteiger partial charge in [-0.3, -0.25) is 4.79 Å². The van der Waals surface area contributed by atoms with Crippen molar-refractivity contribution < 1.29 is 18.3 Å². The lowest BCUT2D eigenvalue weighted by Gasteiger charge is -2.27. The number of alkyl halides is 2. The largest absolute Gasteiger partial charge is 0.435 e. The van der Waals surface area contributed by atoms with Crippen molar-refractivity contribution in [3.05, 3.63) is 54.1 Å². The second-order valence-electron chi connectivity index (χ2n) is 5.81. The number of halogens is 3. The van der Waals surface area contributed by atoms with Gasteiger partial charge in [-0.1, -0.05) is 12.1 Å². The van der Waals surface area contributed by atoms with Crippen LogP contribution in [-0.2, 0) is 0 Å². The van der Waals surface area contributed by atoms with Gasteiger partial charge in [-0.25, -0.2) is 0 Å². The first-order valence-corrected chi connectivity index (χ1v) is 8.01. The summed E-state index contributed by atoms with van der Waals surface area (Å²) in [6, 6.07) is 13.3. The van der Waals surface area contributed by atoms with Crippen LogP contribution in [0.15, 0.2) is 48.5 Å². The summed E-state index contributed by atoms with van der Waals surface area (Å²) in [5.41, 5.74) is 1.85. The second-order valence-corrected chi connectivity index (χ2v) is 5.81. The summed E-state index contributed by atoms with van der Waals surface area (Å²) in [5, 5.41) is 9.23. The van der Waals surface area contributed by atoms with Gasteiger partial charge < -0.3 is 20.7 Å². The van der Waals surface area contributed by atoms with Crippen molar-refractivity contribution >= 4 is 29.7 Å². The SMILES string of the molecule is Cl.O=C(NCC1CNC1)c1ccccc1Nc1ccc(OC(F)F)cc1. The van der Waals surface area contributed by atoms with Crippen LogP contribution >= 0.6 is 12.4 Å². The van der Waals surface area contributed by atoms with Gasteiger partial charge in [0.1, 0.15) is 5.75 Å². The van der Waals surface area contributed by atoms with Crippen LogP contribution < -0.4 is 20.7 Å². The molecule has 8 heteroatoms. The maximum absolute atomic E-state index is 12.4. The third-order valence-electron chi connectivity index (χ3n) is 3.95. The molecule has 3 rings (SSSR count). The normalized spacial score (nSPS) is 13.5. The molecule has 0 spiro atoms. The number of carbonyl (C=O) groups excluding carboxylic acids is 1. The first kappa shape index (κ1) is 19.9. The van der Waals surface area contributed by atoms with Gasteiger partial charge in [-0.05, 0) is 36.4 Å². The summed E-state index contributed by atoms with van der Waals surface area (Å²) in [6.07, 6.45) is 0. The minimum Gasteiger partial charge on any atom is -0.435 e. The Labute approximate surface area is 156 Å². The molecular weight excluding hydrogens is 364 g/mol. The molecule has 0 aliphatic carbocycles. The molecule has 26 heavy (non-hydrogen) atoms. The smallest absolute Gasteiger partial charge is 0.387 e. The number of anilines is 2. The average molecular weight is 384 g/mol. The first-order chi connectivity index (χ1) is 12.1. The van der Waals surface area contributed by atoms with Crippen LogP contribution in [0.4, 0.5) is 20.2 Å². The van der Waals surface area contributed by atoms with Crippen LogP contribution in [0.1, 0.15) is 10.4 Å². The predicted octanol–water partition coefficient (Wildman–Crippen LogP) is 3.40. The van der Waals surface area contributed by atoms with Crippen LogP contribution in [-0.4, -0.2) is 32.2 Å². The molecule has 0 radical (unpaired) electrons. The van der Waals surface area contributed by atoms with Crippen LogP contribution in [0.2, 0.25) is 0 Å². The fourth-order valence-corrected chi connectivity index (χ4v) is 2.49. The van der Waals surface area contributed by atoms with Gasteiger partial charge in [0.25, 0.3) is 5.91 Å². The van der Waals surface area contributed by atoms with Gasteiger partial charge in [0.15, 0.2) is 0 Å². The Bertz CT molecular complexity index is 725. The van der Waals surface area contributed by atoms with Crippen molar-refractivity contribution in [1.29, 1.82) is 0 Å². The van der Waals surface area contributed by atoms with E-state index in [1.807, 2.05) is 6.07 Å². The topological polar surface area (TPSA) is 62.4 Å². The summed E-state index contributed by atoms with van der Waals surface area (Å²) in [7, 11) is 0. The molecule has 0 saturated carbocycles. The number of benzene rings is 2. The number of para-hydroxylation sites is 1. The Morgan fingerprint density at radius 2 is 1.85 bits per heavy atom. The monoisotopic (exact) mass is 383 g/mol. The Balaban J connectivity index is 0.00000243. The van der Waals surface area contributed by atoms with E-state index in [0.717, 1.165) is 13.1 Å². The van der Waals surface area contributed by atoms with Crippen LogP contribution in [0.3, 0.4) is 0 Å². The maximum atomic E-state index is 12.4. The Morgan fingerprint density at radius 1 is 1.15 bits per heavy atom. The molecule has 1 amide bonds. The summed E-state index contributed by atoms with van der Waals surface area (Å²) in [4.78, 5) is 12.4. The molecule has 2 aromatic carbocycles. The van der Waals surface area contributed by atoms with Gasteiger partial charge in [0.05, 0.1) is 11.3 Å². The van der Waals surface area contributed by atoms with E-state index in [9.17, 15) is 13.6 Å². The predicted molar refractivity (Wildman–Crippen MR) is 98.7 cm³/mol. The van der Waals surface area contributed by atoms with Crippen LogP contribution in [0, 0.1) is 5.92 Å². The highest BCUT2D eigenvalue weighted by molar-refractivity contribution is 6.00. The zero-order chi connectivity index (χ0) is 17.6. The lowest BCUT2D eigenvalue weighted by molar-refractivity contribution is -0.0498. The van der Waals surface area contributed by atoms with Gasteiger partial charge in [-0.2, -0.15) is 8.78 Å². The molecule has 1 aliphatic heterocycles. The minimum atomic E-state index is -2.85. The highest BCUT2D eigenvalue weighted by Gasteiger charge is 2.18. The number of nitrogens with one attached hydrogen (secondary N) is 3. The zero-order valence-corrected chi connectivity index (χ0v) is 14.7. The van der Waals surface area contributed by atoms with Gasteiger partial charge in [0.2, 0.25) is 0 Å². The quantitative estimate of drug-likeness (QED) is 0.685. The molecule has 2 aromatic rings. The molecule has 0 aromatic heterocycles.